The normalized spacial score (nSPS) is 15.7. The van der Waals surface area contributed by atoms with Gasteiger partial charge in [0.15, 0.2) is 0 Å². The maximum absolute atomic E-state index is 13.2. The second kappa shape index (κ2) is 11.3. The lowest BCUT2D eigenvalue weighted by Crippen LogP contribution is -2.57. The van der Waals surface area contributed by atoms with Crippen LogP contribution in [0.5, 0.6) is 5.75 Å². The van der Waals surface area contributed by atoms with Crippen LogP contribution in [0.3, 0.4) is 0 Å². The minimum absolute atomic E-state index is 0.0853. The molecule has 41 heavy (non-hydrogen) atoms. The van der Waals surface area contributed by atoms with Crippen LogP contribution in [0.1, 0.15) is 11.1 Å². The molecule has 3 heterocycles. The second-order valence-electron chi connectivity index (χ2n) is 10.4. The molecule has 1 amide bonds. The lowest BCUT2D eigenvalue weighted by Gasteiger charge is -2.39. The van der Waals surface area contributed by atoms with Gasteiger partial charge in [0.25, 0.3) is 0 Å². The molecule has 206 valence electrons. The molecule has 0 spiro atoms. The van der Waals surface area contributed by atoms with E-state index in [4.69, 9.17) is 0 Å². The van der Waals surface area contributed by atoms with Gasteiger partial charge in [0.05, 0.1) is 18.1 Å². The fourth-order valence-electron chi connectivity index (χ4n) is 5.49. The van der Waals surface area contributed by atoms with Gasteiger partial charge in [0, 0.05) is 49.0 Å². The number of carbonyl (C=O) groups excluding carboxylic acids is 1. The number of aromatic hydroxyl groups is 1. The monoisotopic (exact) mass is 546 g/mol. The Morgan fingerprint density at radius 1 is 0.902 bits per heavy atom. The number of carboxylic acids is 1. The molecule has 8 nitrogen and oxygen atoms in total. The Labute approximate surface area is 237 Å². The molecule has 1 aliphatic rings. The van der Waals surface area contributed by atoms with Crippen LogP contribution in [0, 0.1) is 0 Å². The smallest absolute Gasteiger partial charge is 0.322 e. The van der Waals surface area contributed by atoms with E-state index in [1.807, 2.05) is 77.7 Å². The van der Waals surface area contributed by atoms with Gasteiger partial charge in [-0.3, -0.25) is 19.5 Å². The van der Waals surface area contributed by atoms with Crippen molar-refractivity contribution in [3.05, 3.63) is 108 Å². The first-order chi connectivity index (χ1) is 19.9. The molecule has 1 fully saturated rings. The topological polar surface area (TPSA) is 110 Å². The first kappa shape index (κ1) is 26.3. The van der Waals surface area contributed by atoms with E-state index in [2.05, 4.69) is 16.0 Å². The van der Waals surface area contributed by atoms with Crippen LogP contribution >= 0.6 is 0 Å². The first-order valence-corrected chi connectivity index (χ1v) is 13.6. The minimum atomic E-state index is -0.938. The van der Waals surface area contributed by atoms with Gasteiger partial charge in [0.1, 0.15) is 11.8 Å². The van der Waals surface area contributed by atoms with E-state index in [9.17, 15) is 19.8 Å². The number of phenolic OH excluding ortho intramolecular Hbond substituents is 1. The summed E-state index contributed by atoms with van der Waals surface area (Å²) in [7, 11) is 0. The molecule has 1 saturated heterocycles. The number of aliphatic carboxylic acids is 1. The fourth-order valence-corrected chi connectivity index (χ4v) is 5.49. The van der Waals surface area contributed by atoms with Crippen LogP contribution < -0.4 is 0 Å². The molecule has 6 rings (SSSR count). The standard InChI is InChI=1S/C33H30N4O4/c38-31-15-23(16-32(39)37-14-13-36(30(21-37)33(40)41)20-22-5-2-1-3-6-22)9-10-27(31)24-7-4-8-25(17-24)28-18-26-11-12-34-19-29(26)35-28/h1-12,15,17-19,30,35,38H,13-14,16,20-21H2,(H,40,41). The molecular formula is C33H30N4O4. The SMILES string of the molecule is O=C(O)C1CN(C(=O)Cc2ccc(-c3cccc(-c4cc5ccncc5[nH]4)c3)c(O)c2)CCN1Cc1ccccc1. The van der Waals surface area contributed by atoms with Gasteiger partial charge in [-0.15, -0.1) is 0 Å². The molecule has 1 aliphatic heterocycles. The molecule has 1 unspecified atom stereocenters. The summed E-state index contributed by atoms with van der Waals surface area (Å²) < 4.78 is 0. The van der Waals surface area contributed by atoms with E-state index >= 15 is 0 Å². The molecule has 0 radical (unpaired) electrons. The summed E-state index contributed by atoms with van der Waals surface area (Å²) in [6.07, 6.45) is 3.64. The number of carbonyl (C=O) groups is 2. The zero-order valence-corrected chi connectivity index (χ0v) is 22.4. The molecule has 0 bridgehead atoms. The fraction of sp³-hybridized carbons (Fsp3) is 0.182. The Balaban J connectivity index is 1.14. The molecular weight excluding hydrogens is 516 g/mol. The van der Waals surface area contributed by atoms with Crippen molar-refractivity contribution in [2.45, 2.75) is 19.0 Å². The van der Waals surface area contributed by atoms with Crippen molar-refractivity contribution < 1.29 is 19.8 Å². The predicted octanol–water partition coefficient (Wildman–Crippen LogP) is 4.94. The maximum atomic E-state index is 13.2. The van der Waals surface area contributed by atoms with Gasteiger partial charge in [-0.2, -0.15) is 0 Å². The van der Waals surface area contributed by atoms with Gasteiger partial charge < -0.3 is 20.1 Å². The third kappa shape index (κ3) is 5.69. The lowest BCUT2D eigenvalue weighted by atomic mass is 9.98. The summed E-state index contributed by atoms with van der Waals surface area (Å²) in [5.41, 5.74) is 6.14. The van der Waals surface area contributed by atoms with Gasteiger partial charge in [-0.25, -0.2) is 0 Å². The highest BCUT2D eigenvalue weighted by molar-refractivity contribution is 5.86. The van der Waals surface area contributed by atoms with Crippen LogP contribution in [0.15, 0.2) is 97.3 Å². The molecule has 3 aromatic carbocycles. The average Bonchev–Trinajstić information content (AvgIpc) is 3.42. The third-order valence-electron chi connectivity index (χ3n) is 7.68. The number of aromatic amines is 1. The van der Waals surface area contributed by atoms with Crippen molar-refractivity contribution >= 4 is 22.8 Å². The highest BCUT2D eigenvalue weighted by Gasteiger charge is 2.34. The highest BCUT2D eigenvalue weighted by atomic mass is 16.4. The van der Waals surface area contributed by atoms with Crippen molar-refractivity contribution in [3.8, 4) is 28.1 Å². The number of hydrogen-bond acceptors (Lipinski definition) is 5. The van der Waals surface area contributed by atoms with E-state index in [0.29, 0.717) is 30.8 Å². The number of piperazine rings is 1. The van der Waals surface area contributed by atoms with Crippen LogP contribution in [-0.4, -0.2) is 67.5 Å². The summed E-state index contributed by atoms with van der Waals surface area (Å²) in [5, 5.41) is 21.8. The van der Waals surface area contributed by atoms with E-state index in [-0.39, 0.29) is 24.6 Å². The summed E-state index contributed by atoms with van der Waals surface area (Å²) >= 11 is 0. The Kier molecular flexibility index (Phi) is 7.22. The molecule has 0 saturated carbocycles. The number of benzene rings is 3. The zero-order chi connectivity index (χ0) is 28.3. The van der Waals surface area contributed by atoms with Crippen LogP contribution in [-0.2, 0) is 22.6 Å². The quantitative estimate of drug-likeness (QED) is 0.267. The number of nitrogens with one attached hydrogen (secondary N) is 1. The summed E-state index contributed by atoms with van der Waals surface area (Å²) in [5.74, 6) is -1.01. The van der Waals surface area contributed by atoms with Crippen LogP contribution in [0.2, 0.25) is 0 Å². The zero-order valence-electron chi connectivity index (χ0n) is 22.4. The number of nitrogens with zero attached hydrogens (tertiary/aromatic N) is 3. The van der Waals surface area contributed by atoms with Gasteiger partial charge in [-0.05, 0) is 46.5 Å². The Bertz CT molecular complexity index is 1680. The molecule has 0 aliphatic carbocycles. The number of phenols is 1. The van der Waals surface area contributed by atoms with Crippen molar-refractivity contribution in [1.29, 1.82) is 0 Å². The summed E-state index contributed by atoms with van der Waals surface area (Å²) in [4.78, 5) is 36.3. The Morgan fingerprint density at radius 3 is 2.51 bits per heavy atom. The number of rotatable bonds is 7. The van der Waals surface area contributed by atoms with E-state index < -0.39 is 12.0 Å². The number of H-pyrrole nitrogens is 1. The molecule has 2 aromatic heterocycles. The molecule has 3 N–H and O–H groups in total. The predicted molar refractivity (Wildman–Crippen MR) is 157 cm³/mol. The van der Waals surface area contributed by atoms with Crippen LogP contribution in [0.25, 0.3) is 33.3 Å². The van der Waals surface area contributed by atoms with Gasteiger partial charge in [0.2, 0.25) is 5.91 Å². The summed E-state index contributed by atoms with van der Waals surface area (Å²) in [6, 6.07) is 26.2. The van der Waals surface area contributed by atoms with Crippen molar-refractivity contribution in [1.82, 2.24) is 19.8 Å². The summed E-state index contributed by atoms with van der Waals surface area (Å²) in [6.45, 7) is 1.58. The highest BCUT2D eigenvalue weighted by Crippen LogP contribution is 2.33. The van der Waals surface area contributed by atoms with Gasteiger partial charge >= 0.3 is 5.97 Å². The molecule has 5 aromatic rings. The molecule has 1 atom stereocenters. The third-order valence-corrected chi connectivity index (χ3v) is 7.68. The number of carboxylic acid groups (broad SMARTS) is 1. The maximum Gasteiger partial charge on any atom is 0.322 e. The van der Waals surface area contributed by atoms with E-state index in [0.717, 1.165) is 33.3 Å². The van der Waals surface area contributed by atoms with Crippen molar-refractivity contribution in [2.24, 2.45) is 0 Å². The first-order valence-electron chi connectivity index (χ1n) is 13.6. The largest absolute Gasteiger partial charge is 0.507 e. The number of amides is 1. The van der Waals surface area contributed by atoms with Crippen molar-refractivity contribution in [2.75, 3.05) is 19.6 Å². The van der Waals surface area contributed by atoms with E-state index in [1.165, 1.54) is 0 Å². The van der Waals surface area contributed by atoms with Crippen LogP contribution in [0.4, 0.5) is 0 Å². The second-order valence-corrected chi connectivity index (χ2v) is 10.4. The Hall–Kier alpha value is -4.95. The van der Waals surface area contributed by atoms with E-state index in [1.54, 1.807) is 23.4 Å². The number of pyridine rings is 1. The van der Waals surface area contributed by atoms with Gasteiger partial charge in [-0.1, -0.05) is 60.7 Å². The number of fused-ring (bicyclic) bond motifs is 1. The Morgan fingerprint density at radius 2 is 1.73 bits per heavy atom. The molecule has 8 heteroatoms. The number of aromatic nitrogens is 2. The minimum Gasteiger partial charge on any atom is -0.507 e. The van der Waals surface area contributed by atoms with Crippen molar-refractivity contribution in [3.63, 3.8) is 0 Å². The average molecular weight is 547 g/mol. The number of hydrogen-bond donors (Lipinski definition) is 3. The lowest BCUT2D eigenvalue weighted by molar-refractivity contribution is -0.148.